The average Bonchev–Trinajstić information content (AvgIpc) is 3.36. The number of hydrogen-bond donors (Lipinski definition) is 0. The quantitative estimate of drug-likeness (QED) is 0.502. The Labute approximate surface area is 154 Å². The first-order valence-electron chi connectivity index (χ1n) is 8.66. The second kappa shape index (κ2) is 6.27. The van der Waals surface area contributed by atoms with Crippen LogP contribution in [0.1, 0.15) is 5.69 Å². The number of aryl methyl sites for hydroxylation is 1. The smallest absolute Gasteiger partial charge is 0.200 e. The third-order valence-corrected chi connectivity index (χ3v) is 4.58. The fourth-order valence-electron chi connectivity index (χ4n) is 3.15. The Hall–Kier alpha value is -3.63. The van der Waals surface area contributed by atoms with Crippen LogP contribution in [0.4, 0.5) is 11.6 Å². The van der Waals surface area contributed by atoms with Crippen molar-refractivity contribution in [3.05, 3.63) is 42.5 Å². The van der Waals surface area contributed by atoms with E-state index in [-0.39, 0.29) is 0 Å². The van der Waals surface area contributed by atoms with Gasteiger partial charge in [0.15, 0.2) is 17.3 Å². The third kappa shape index (κ3) is 2.92. The van der Waals surface area contributed by atoms with E-state index in [9.17, 15) is 0 Å². The summed E-state index contributed by atoms with van der Waals surface area (Å²) in [5.74, 6) is 2.53. The highest BCUT2D eigenvalue weighted by atomic mass is 15.6. The molecule has 1 saturated heterocycles. The maximum atomic E-state index is 4.46. The van der Waals surface area contributed by atoms with Crippen LogP contribution in [0.25, 0.3) is 11.5 Å². The molecule has 0 unspecified atom stereocenters. The SMILES string of the molecule is Cc1ccn(-c2cc(N3CCN(c4ccc5nnnn5n4)CC3)ncn2)n1. The zero-order valence-corrected chi connectivity index (χ0v) is 14.7. The average molecular weight is 363 g/mol. The Balaban J connectivity index is 1.31. The van der Waals surface area contributed by atoms with Crippen LogP contribution in [-0.4, -0.2) is 71.2 Å². The first kappa shape index (κ1) is 15.6. The Morgan fingerprint density at radius 3 is 2.41 bits per heavy atom. The molecule has 5 rings (SSSR count). The van der Waals surface area contributed by atoms with Crippen molar-refractivity contribution in [1.29, 1.82) is 0 Å². The predicted octanol–water partition coefficient (Wildman–Crippen LogP) is 0.130. The van der Waals surface area contributed by atoms with E-state index in [0.717, 1.165) is 49.3 Å². The fraction of sp³-hybridized carbons (Fsp3) is 0.312. The Kier molecular flexibility index (Phi) is 3.62. The molecule has 1 aliphatic heterocycles. The van der Waals surface area contributed by atoms with Crippen LogP contribution >= 0.6 is 0 Å². The molecule has 0 atom stereocenters. The van der Waals surface area contributed by atoms with Crippen molar-refractivity contribution in [3.63, 3.8) is 0 Å². The van der Waals surface area contributed by atoms with E-state index in [2.05, 4.69) is 45.5 Å². The number of aromatic nitrogens is 9. The number of piperazine rings is 1. The molecule has 0 N–H and O–H groups in total. The Bertz CT molecular complexity index is 1080. The minimum atomic E-state index is 0.639. The van der Waals surface area contributed by atoms with E-state index in [0.29, 0.717) is 5.65 Å². The first-order valence-corrected chi connectivity index (χ1v) is 8.66. The van der Waals surface area contributed by atoms with Crippen molar-refractivity contribution < 1.29 is 0 Å². The van der Waals surface area contributed by atoms with Gasteiger partial charge in [0.1, 0.15) is 12.1 Å². The lowest BCUT2D eigenvalue weighted by molar-refractivity contribution is 0.627. The molecule has 0 saturated carbocycles. The topological polar surface area (TPSA) is 106 Å². The van der Waals surface area contributed by atoms with Gasteiger partial charge in [-0.25, -0.2) is 14.6 Å². The molecule has 4 aromatic heterocycles. The third-order valence-electron chi connectivity index (χ3n) is 4.58. The molecular weight excluding hydrogens is 346 g/mol. The number of tetrazole rings is 1. The summed E-state index contributed by atoms with van der Waals surface area (Å²) >= 11 is 0. The van der Waals surface area contributed by atoms with Gasteiger partial charge in [-0.3, -0.25) is 0 Å². The van der Waals surface area contributed by atoms with Crippen LogP contribution in [0.5, 0.6) is 0 Å². The van der Waals surface area contributed by atoms with Crippen LogP contribution in [0, 0.1) is 6.92 Å². The van der Waals surface area contributed by atoms with Gasteiger partial charge in [-0.2, -0.15) is 5.10 Å². The minimum Gasteiger partial charge on any atom is -0.353 e. The second-order valence-electron chi connectivity index (χ2n) is 6.33. The van der Waals surface area contributed by atoms with Gasteiger partial charge in [0.2, 0.25) is 0 Å². The van der Waals surface area contributed by atoms with Crippen molar-refractivity contribution in [1.82, 2.24) is 45.0 Å². The number of anilines is 2. The molecule has 1 fully saturated rings. The summed E-state index contributed by atoms with van der Waals surface area (Å²) < 4.78 is 3.21. The van der Waals surface area contributed by atoms with Crippen molar-refractivity contribution in [2.45, 2.75) is 6.92 Å². The second-order valence-corrected chi connectivity index (χ2v) is 6.33. The van der Waals surface area contributed by atoms with Gasteiger partial charge in [0.25, 0.3) is 0 Å². The number of fused-ring (bicyclic) bond motifs is 1. The monoisotopic (exact) mass is 363 g/mol. The number of nitrogens with zero attached hydrogens (tertiary/aromatic N) is 11. The minimum absolute atomic E-state index is 0.639. The van der Waals surface area contributed by atoms with Crippen molar-refractivity contribution in [2.75, 3.05) is 36.0 Å². The summed E-state index contributed by atoms with van der Waals surface area (Å²) in [7, 11) is 0. The van der Waals surface area contributed by atoms with Gasteiger partial charge in [-0.1, -0.05) is 0 Å². The summed E-state index contributed by atoms with van der Waals surface area (Å²) in [5.41, 5.74) is 1.59. The molecule has 0 radical (unpaired) electrons. The molecule has 11 heteroatoms. The molecule has 0 spiro atoms. The molecule has 1 aliphatic rings. The van der Waals surface area contributed by atoms with Gasteiger partial charge in [0, 0.05) is 38.4 Å². The summed E-state index contributed by atoms with van der Waals surface area (Å²) in [6.45, 7) is 5.30. The lowest BCUT2D eigenvalue weighted by Crippen LogP contribution is -2.47. The van der Waals surface area contributed by atoms with Crippen LogP contribution < -0.4 is 9.80 Å². The van der Waals surface area contributed by atoms with Gasteiger partial charge < -0.3 is 9.80 Å². The summed E-state index contributed by atoms with van der Waals surface area (Å²) in [6.07, 6.45) is 3.49. The fourth-order valence-corrected chi connectivity index (χ4v) is 3.15. The van der Waals surface area contributed by atoms with E-state index >= 15 is 0 Å². The molecule has 0 amide bonds. The molecular formula is C16H17N11. The number of rotatable bonds is 3. The van der Waals surface area contributed by atoms with Crippen molar-refractivity contribution in [2.24, 2.45) is 0 Å². The maximum Gasteiger partial charge on any atom is 0.200 e. The molecule has 0 bridgehead atoms. The molecule has 11 nitrogen and oxygen atoms in total. The lowest BCUT2D eigenvalue weighted by Gasteiger charge is -2.35. The van der Waals surface area contributed by atoms with Crippen LogP contribution in [0.15, 0.2) is 36.8 Å². The lowest BCUT2D eigenvalue weighted by atomic mass is 10.3. The molecule has 27 heavy (non-hydrogen) atoms. The molecule has 0 aromatic carbocycles. The molecule has 136 valence electrons. The normalized spacial score (nSPS) is 14.9. The maximum absolute atomic E-state index is 4.46. The molecule has 4 aromatic rings. The summed E-state index contributed by atoms with van der Waals surface area (Å²) in [5, 5.41) is 20.2. The highest BCUT2D eigenvalue weighted by Crippen LogP contribution is 2.19. The Morgan fingerprint density at radius 1 is 0.852 bits per heavy atom. The number of hydrogen-bond acceptors (Lipinski definition) is 9. The Morgan fingerprint density at radius 2 is 1.63 bits per heavy atom. The zero-order valence-electron chi connectivity index (χ0n) is 14.7. The summed E-state index contributed by atoms with van der Waals surface area (Å²) in [6, 6.07) is 7.74. The van der Waals surface area contributed by atoms with Crippen LogP contribution in [-0.2, 0) is 0 Å². The standard InChI is InChI=1S/C16H17N11/c1-12-4-5-26(20-12)16-10-15(17-11-18-16)25-8-6-24(7-9-25)14-3-2-13-19-22-23-27(13)21-14/h2-5,10-11H,6-9H2,1H3. The van der Waals surface area contributed by atoms with Gasteiger partial charge in [-0.15, -0.1) is 14.8 Å². The van der Waals surface area contributed by atoms with Crippen molar-refractivity contribution in [3.8, 4) is 5.82 Å². The van der Waals surface area contributed by atoms with Crippen LogP contribution in [0.2, 0.25) is 0 Å². The van der Waals surface area contributed by atoms with Crippen LogP contribution in [0.3, 0.4) is 0 Å². The first-order chi connectivity index (χ1) is 13.3. The van der Waals surface area contributed by atoms with Crippen molar-refractivity contribution >= 4 is 17.3 Å². The van der Waals surface area contributed by atoms with Gasteiger partial charge >= 0.3 is 0 Å². The van der Waals surface area contributed by atoms with E-state index in [4.69, 9.17) is 0 Å². The largest absolute Gasteiger partial charge is 0.353 e. The van der Waals surface area contributed by atoms with E-state index < -0.39 is 0 Å². The van der Waals surface area contributed by atoms with E-state index in [1.807, 2.05) is 37.4 Å². The highest BCUT2D eigenvalue weighted by Gasteiger charge is 2.20. The molecule has 0 aliphatic carbocycles. The van der Waals surface area contributed by atoms with Gasteiger partial charge in [-0.05, 0) is 35.5 Å². The van der Waals surface area contributed by atoms with E-state index in [1.165, 1.54) is 4.63 Å². The predicted molar refractivity (Wildman–Crippen MR) is 96.9 cm³/mol. The van der Waals surface area contributed by atoms with Gasteiger partial charge in [0.05, 0.1) is 5.69 Å². The summed E-state index contributed by atoms with van der Waals surface area (Å²) in [4.78, 5) is 13.2. The highest BCUT2D eigenvalue weighted by molar-refractivity contribution is 5.48. The molecule has 5 heterocycles. The zero-order chi connectivity index (χ0) is 18.2. The van der Waals surface area contributed by atoms with E-state index in [1.54, 1.807) is 11.0 Å².